The first-order valence-corrected chi connectivity index (χ1v) is 8.57. The Hall–Kier alpha value is -1.16. The number of aryl methyl sites for hydroxylation is 3. The van der Waals surface area contributed by atoms with Crippen LogP contribution >= 0.6 is 35.0 Å². The van der Waals surface area contributed by atoms with Crippen molar-refractivity contribution in [3.05, 3.63) is 57.1 Å². The van der Waals surface area contributed by atoms with Crippen molar-refractivity contribution in [3.63, 3.8) is 0 Å². The minimum absolute atomic E-state index is 0.127. The third kappa shape index (κ3) is 4.19. The highest BCUT2D eigenvalue weighted by atomic mass is 35.5. The third-order valence-electron chi connectivity index (χ3n) is 3.40. The number of thioether (sulfide) groups is 1. The Morgan fingerprint density at radius 1 is 1.05 bits per heavy atom. The van der Waals surface area contributed by atoms with E-state index < -0.39 is 0 Å². The lowest BCUT2D eigenvalue weighted by Gasteiger charge is -2.11. The Morgan fingerprint density at radius 3 is 2.41 bits per heavy atom. The fourth-order valence-electron chi connectivity index (χ4n) is 1.90. The highest BCUT2D eigenvalue weighted by molar-refractivity contribution is 8.00. The number of benzene rings is 2. The van der Waals surface area contributed by atoms with Crippen LogP contribution in [0.5, 0.6) is 0 Å². The van der Waals surface area contributed by atoms with Crippen molar-refractivity contribution in [2.75, 3.05) is 11.1 Å². The number of rotatable bonds is 4. The minimum Gasteiger partial charge on any atom is -0.323 e. The van der Waals surface area contributed by atoms with E-state index in [2.05, 4.69) is 31.3 Å². The van der Waals surface area contributed by atoms with Gasteiger partial charge in [0.2, 0.25) is 5.91 Å². The van der Waals surface area contributed by atoms with Gasteiger partial charge < -0.3 is 5.32 Å². The van der Waals surface area contributed by atoms with Crippen LogP contribution in [0.3, 0.4) is 0 Å². The van der Waals surface area contributed by atoms with Gasteiger partial charge in [-0.3, -0.25) is 4.79 Å². The van der Waals surface area contributed by atoms with Gasteiger partial charge in [0.05, 0.1) is 21.5 Å². The highest BCUT2D eigenvalue weighted by Crippen LogP contribution is 2.33. The molecular formula is C17H17Cl2NOS. The van der Waals surface area contributed by atoms with Crippen molar-refractivity contribution in [3.8, 4) is 0 Å². The summed E-state index contributed by atoms with van der Waals surface area (Å²) in [4.78, 5) is 13.2. The molecule has 0 saturated carbocycles. The molecule has 5 heteroatoms. The summed E-state index contributed by atoms with van der Waals surface area (Å²) < 4.78 is 0. The highest BCUT2D eigenvalue weighted by Gasteiger charge is 2.12. The number of carbonyl (C=O) groups excluding carboxylic acids is 1. The second-order valence-corrected chi connectivity index (χ2v) is 6.97. The maximum Gasteiger partial charge on any atom is 0.234 e. The zero-order valence-corrected chi connectivity index (χ0v) is 15.0. The van der Waals surface area contributed by atoms with Crippen LogP contribution in [0.4, 0.5) is 5.69 Å². The van der Waals surface area contributed by atoms with E-state index in [1.807, 2.05) is 19.1 Å². The summed E-state index contributed by atoms with van der Waals surface area (Å²) in [5, 5.41) is 3.72. The summed E-state index contributed by atoms with van der Waals surface area (Å²) in [5.41, 5.74) is 3.82. The predicted octanol–water partition coefficient (Wildman–Crippen LogP) is 5.65. The Kier molecular flexibility index (Phi) is 5.79. The van der Waals surface area contributed by atoms with Gasteiger partial charge in [0.25, 0.3) is 0 Å². The Morgan fingerprint density at radius 2 is 1.73 bits per heavy atom. The van der Waals surface area contributed by atoms with Crippen LogP contribution in [0.25, 0.3) is 0 Å². The molecule has 0 spiro atoms. The van der Waals surface area contributed by atoms with E-state index in [1.165, 1.54) is 22.9 Å². The Balaban J connectivity index is 2.02. The Bertz CT molecular complexity index is 716. The molecule has 116 valence electrons. The SMILES string of the molecule is Cc1ccc(SCC(=O)Nc2c(Cl)ccc(C)c2Cl)cc1C. The van der Waals surface area contributed by atoms with Crippen molar-refractivity contribution in [2.45, 2.75) is 25.7 Å². The average molecular weight is 354 g/mol. The molecule has 0 bridgehead atoms. The van der Waals surface area contributed by atoms with E-state index in [9.17, 15) is 4.79 Å². The molecule has 0 unspecified atom stereocenters. The predicted molar refractivity (Wildman–Crippen MR) is 96.5 cm³/mol. The molecule has 0 saturated heterocycles. The van der Waals surface area contributed by atoms with E-state index in [4.69, 9.17) is 23.2 Å². The molecule has 0 aromatic heterocycles. The average Bonchev–Trinajstić information content (AvgIpc) is 2.49. The largest absolute Gasteiger partial charge is 0.323 e. The van der Waals surface area contributed by atoms with E-state index in [0.717, 1.165) is 10.5 Å². The molecule has 22 heavy (non-hydrogen) atoms. The van der Waals surface area contributed by atoms with Gasteiger partial charge in [-0.2, -0.15) is 0 Å². The summed E-state index contributed by atoms with van der Waals surface area (Å²) in [6.07, 6.45) is 0. The standard InChI is InChI=1S/C17H17Cl2NOS/c1-10-4-6-13(8-12(10)3)22-9-15(21)20-17-14(18)7-5-11(2)16(17)19/h4-8H,9H2,1-3H3,(H,20,21). The van der Waals surface area contributed by atoms with Crippen LogP contribution in [-0.2, 0) is 4.79 Å². The summed E-state index contributed by atoms with van der Waals surface area (Å²) in [7, 11) is 0. The summed E-state index contributed by atoms with van der Waals surface area (Å²) in [6, 6.07) is 9.72. The summed E-state index contributed by atoms with van der Waals surface area (Å²) >= 11 is 13.8. The number of amides is 1. The molecule has 2 aromatic rings. The maximum absolute atomic E-state index is 12.1. The molecule has 1 N–H and O–H groups in total. The first kappa shape index (κ1) is 17.2. The van der Waals surface area contributed by atoms with Gasteiger partial charge in [-0.25, -0.2) is 0 Å². The molecule has 0 aliphatic heterocycles. The first-order chi connectivity index (χ1) is 10.4. The zero-order valence-electron chi connectivity index (χ0n) is 12.7. The van der Waals surface area contributed by atoms with Crippen LogP contribution < -0.4 is 5.32 Å². The van der Waals surface area contributed by atoms with Gasteiger partial charge in [-0.15, -0.1) is 11.8 Å². The third-order valence-corrected chi connectivity index (χ3v) is 5.19. The molecular weight excluding hydrogens is 337 g/mol. The second kappa shape index (κ2) is 7.40. The second-order valence-electron chi connectivity index (χ2n) is 5.14. The maximum atomic E-state index is 12.1. The number of halogens is 2. The van der Waals surface area contributed by atoms with Crippen LogP contribution in [0, 0.1) is 20.8 Å². The quantitative estimate of drug-likeness (QED) is 0.719. The number of nitrogens with one attached hydrogen (secondary N) is 1. The lowest BCUT2D eigenvalue weighted by Crippen LogP contribution is -2.15. The molecule has 2 nitrogen and oxygen atoms in total. The fourth-order valence-corrected chi connectivity index (χ4v) is 3.16. The molecule has 0 atom stereocenters. The van der Waals surface area contributed by atoms with E-state index in [1.54, 1.807) is 6.07 Å². The van der Waals surface area contributed by atoms with Crippen LogP contribution in [0.15, 0.2) is 35.2 Å². The number of hydrogen-bond donors (Lipinski definition) is 1. The number of hydrogen-bond acceptors (Lipinski definition) is 2. The normalized spacial score (nSPS) is 10.6. The van der Waals surface area contributed by atoms with Gasteiger partial charge in [0.15, 0.2) is 0 Å². The molecule has 2 rings (SSSR count). The molecule has 1 amide bonds. The van der Waals surface area contributed by atoms with Crippen molar-refractivity contribution in [1.29, 1.82) is 0 Å². The lowest BCUT2D eigenvalue weighted by atomic mass is 10.1. The van der Waals surface area contributed by atoms with Crippen molar-refractivity contribution >= 4 is 46.6 Å². The zero-order chi connectivity index (χ0) is 16.3. The van der Waals surface area contributed by atoms with Gasteiger partial charge in [0, 0.05) is 4.90 Å². The smallest absolute Gasteiger partial charge is 0.234 e. The van der Waals surface area contributed by atoms with E-state index in [-0.39, 0.29) is 5.91 Å². The van der Waals surface area contributed by atoms with Crippen LogP contribution in [-0.4, -0.2) is 11.7 Å². The molecule has 2 aromatic carbocycles. The fraction of sp³-hybridized carbons (Fsp3) is 0.235. The molecule has 0 radical (unpaired) electrons. The topological polar surface area (TPSA) is 29.1 Å². The van der Waals surface area contributed by atoms with E-state index in [0.29, 0.717) is 21.5 Å². The number of carbonyl (C=O) groups is 1. The molecule has 0 aliphatic carbocycles. The van der Waals surface area contributed by atoms with Crippen LogP contribution in [0.1, 0.15) is 16.7 Å². The van der Waals surface area contributed by atoms with Gasteiger partial charge in [-0.1, -0.05) is 35.3 Å². The molecule has 0 fully saturated rings. The lowest BCUT2D eigenvalue weighted by molar-refractivity contribution is -0.113. The van der Waals surface area contributed by atoms with E-state index >= 15 is 0 Å². The summed E-state index contributed by atoms with van der Waals surface area (Å²) in [5.74, 6) is 0.181. The first-order valence-electron chi connectivity index (χ1n) is 6.83. The van der Waals surface area contributed by atoms with Crippen molar-refractivity contribution in [1.82, 2.24) is 0 Å². The van der Waals surface area contributed by atoms with Gasteiger partial charge in [0.1, 0.15) is 0 Å². The van der Waals surface area contributed by atoms with Gasteiger partial charge >= 0.3 is 0 Å². The number of anilines is 1. The van der Waals surface area contributed by atoms with Crippen molar-refractivity contribution < 1.29 is 4.79 Å². The van der Waals surface area contributed by atoms with Crippen molar-refractivity contribution in [2.24, 2.45) is 0 Å². The minimum atomic E-state index is -0.127. The molecule has 0 heterocycles. The monoisotopic (exact) mass is 353 g/mol. The van der Waals surface area contributed by atoms with Crippen LogP contribution in [0.2, 0.25) is 10.0 Å². The summed E-state index contributed by atoms with van der Waals surface area (Å²) in [6.45, 7) is 6.00. The Labute approximate surface area is 145 Å². The van der Waals surface area contributed by atoms with Gasteiger partial charge in [-0.05, 0) is 55.7 Å². The molecule has 0 aliphatic rings.